The minimum atomic E-state index is -0.279. The Bertz CT molecular complexity index is 1200. The summed E-state index contributed by atoms with van der Waals surface area (Å²) in [5.41, 5.74) is 3.06. The van der Waals surface area contributed by atoms with Crippen molar-refractivity contribution in [2.45, 2.75) is 6.92 Å². The second-order valence-electron chi connectivity index (χ2n) is 7.38. The van der Waals surface area contributed by atoms with Crippen LogP contribution >= 0.6 is 0 Å². The van der Waals surface area contributed by atoms with Crippen molar-refractivity contribution in [1.29, 1.82) is 0 Å². The van der Waals surface area contributed by atoms with Gasteiger partial charge in [-0.2, -0.15) is 0 Å². The molecule has 7 heteroatoms. The van der Waals surface area contributed by atoms with Crippen LogP contribution in [0.1, 0.15) is 21.5 Å². The molecule has 0 unspecified atom stereocenters. The summed E-state index contributed by atoms with van der Waals surface area (Å²) < 4.78 is 21.6. The second kappa shape index (κ2) is 9.91. The van der Waals surface area contributed by atoms with Gasteiger partial charge in [-0.1, -0.05) is 29.8 Å². The zero-order chi connectivity index (χ0) is 23.2. The number of hydrogen-bond donors (Lipinski definition) is 1. The number of carbonyl (C=O) groups excluding carboxylic acids is 2. The summed E-state index contributed by atoms with van der Waals surface area (Å²) in [5.74, 6) is 1.62. The zero-order valence-electron chi connectivity index (χ0n) is 18.3. The molecule has 0 fully saturated rings. The number of rotatable bonds is 8. The van der Waals surface area contributed by atoms with Crippen LogP contribution in [0.2, 0.25) is 0 Å². The van der Waals surface area contributed by atoms with E-state index in [0.29, 0.717) is 34.2 Å². The predicted octanol–water partition coefficient (Wildman–Crippen LogP) is 4.65. The Balaban J connectivity index is 1.37. The van der Waals surface area contributed by atoms with Gasteiger partial charge < -0.3 is 24.3 Å². The Morgan fingerprint density at radius 2 is 1.76 bits per heavy atom. The fourth-order valence-corrected chi connectivity index (χ4v) is 3.20. The average Bonchev–Trinajstić information content (AvgIpc) is 3.31. The van der Waals surface area contributed by atoms with Crippen LogP contribution in [-0.2, 0) is 4.79 Å². The van der Waals surface area contributed by atoms with Gasteiger partial charge in [0, 0.05) is 11.3 Å². The number of carbonyl (C=O) groups is 2. The number of ketones is 1. The highest BCUT2D eigenvalue weighted by molar-refractivity contribution is 6.07. The van der Waals surface area contributed by atoms with E-state index < -0.39 is 0 Å². The zero-order valence-corrected chi connectivity index (χ0v) is 18.3. The predicted molar refractivity (Wildman–Crippen MR) is 124 cm³/mol. The SMILES string of the molecule is COc1cc(C=CC(=O)c2ccc3c(c2)OCO3)ccc1OCC(=O)Nc1ccc(C)cc1. The van der Waals surface area contributed by atoms with E-state index in [1.54, 1.807) is 42.5 Å². The second-order valence-corrected chi connectivity index (χ2v) is 7.38. The van der Waals surface area contributed by atoms with Gasteiger partial charge in [0.1, 0.15) is 0 Å². The van der Waals surface area contributed by atoms with Gasteiger partial charge in [-0.25, -0.2) is 0 Å². The van der Waals surface area contributed by atoms with Crippen molar-refractivity contribution in [3.05, 3.63) is 83.4 Å². The first-order valence-corrected chi connectivity index (χ1v) is 10.3. The molecule has 0 atom stereocenters. The van der Waals surface area contributed by atoms with Gasteiger partial charge in [-0.05, 0) is 61.0 Å². The summed E-state index contributed by atoms with van der Waals surface area (Å²) in [4.78, 5) is 24.7. The summed E-state index contributed by atoms with van der Waals surface area (Å²) in [5, 5.41) is 2.78. The van der Waals surface area contributed by atoms with E-state index in [4.69, 9.17) is 18.9 Å². The van der Waals surface area contributed by atoms with Crippen LogP contribution in [0.4, 0.5) is 5.69 Å². The van der Waals surface area contributed by atoms with Crippen LogP contribution in [0, 0.1) is 6.92 Å². The maximum atomic E-state index is 12.5. The molecule has 0 aromatic heterocycles. The molecule has 3 aromatic carbocycles. The molecule has 1 aliphatic heterocycles. The van der Waals surface area contributed by atoms with Crippen LogP contribution in [0.25, 0.3) is 6.08 Å². The van der Waals surface area contributed by atoms with Gasteiger partial charge in [-0.15, -0.1) is 0 Å². The molecular weight excluding hydrogens is 422 g/mol. The van der Waals surface area contributed by atoms with E-state index in [1.807, 2.05) is 31.2 Å². The van der Waals surface area contributed by atoms with Gasteiger partial charge in [-0.3, -0.25) is 9.59 Å². The monoisotopic (exact) mass is 445 g/mol. The molecule has 1 heterocycles. The summed E-state index contributed by atoms with van der Waals surface area (Å²) in [6.45, 7) is 1.97. The third kappa shape index (κ3) is 5.51. The highest BCUT2D eigenvalue weighted by Crippen LogP contribution is 2.33. The third-order valence-electron chi connectivity index (χ3n) is 4.97. The number of anilines is 1. The number of hydrogen-bond acceptors (Lipinski definition) is 6. The van der Waals surface area contributed by atoms with Crippen molar-refractivity contribution < 1.29 is 28.5 Å². The minimum Gasteiger partial charge on any atom is -0.493 e. The summed E-state index contributed by atoms with van der Waals surface area (Å²) in [6.07, 6.45) is 3.16. The number of fused-ring (bicyclic) bond motifs is 1. The molecule has 7 nitrogen and oxygen atoms in total. The lowest BCUT2D eigenvalue weighted by Crippen LogP contribution is -2.20. The number of amides is 1. The molecule has 3 aromatic rings. The molecule has 168 valence electrons. The van der Waals surface area contributed by atoms with Gasteiger partial charge >= 0.3 is 0 Å². The van der Waals surface area contributed by atoms with Crippen molar-refractivity contribution in [1.82, 2.24) is 0 Å². The first-order valence-electron chi connectivity index (χ1n) is 10.3. The Morgan fingerprint density at radius 1 is 0.970 bits per heavy atom. The Kier molecular flexibility index (Phi) is 6.59. The summed E-state index contributed by atoms with van der Waals surface area (Å²) in [7, 11) is 1.51. The third-order valence-corrected chi connectivity index (χ3v) is 4.97. The molecule has 4 rings (SSSR count). The fraction of sp³-hybridized carbons (Fsp3) is 0.154. The van der Waals surface area contributed by atoms with Crippen molar-refractivity contribution in [2.24, 2.45) is 0 Å². The van der Waals surface area contributed by atoms with Crippen molar-refractivity contribution in [3.63, 3.8) is 0 Å². The topological polar surface area (TPSA) is 83.1 Å². The highest BCUT2D eigenvalue weighted by Gasteiger charge is 2.15. The molecule has 0 aliphatic carbocycles. The molecule has 0 bridgehead atoms. The maximum Gasteiger partial charge on any atom is 0.262 e. The van der Waals surface area contributed by atoms with E-state index in [-0.39, 0.29) is 25.1 Å². The molecular formula is C26H23NO6. The maximum absolute atomic E-state index is 12.5. The van der Waals surface area contributed by atoms with Gasteiger partial charge in [0.15, 0.2) is 35.4 Å². The van der Waals surface area contributed by atoms with Crippen molar-refractivity contribution >= 4 is 23.5 Å². The lowest BCUT2D eigenvalue weighted by Gasteiger charge is -2.11. The number of allylic oxidation sites excluding steroid dienone is 1. The fourth-order valence-electron chi connectivity index (χ4n) is 3.20. The minimum absolute atomic E-state index is 0.157. The van der Waals surface area contributed by atoms with Crippen LogP contribution < -0.4 is 24.3 Å². The van der Waals surface area contributed by atoms with Crippen molar-refractivity contribution in [3.8, 4) is 23.0 Å². The van der Waals surface area contributed by atoms with E-state index in [9.17, 15) is 9.59 Å². The quantitative estimate of drug-likeness (QED) is 0.402. The summed E-state index contributed by atoms with van der Waals surface area (Å²) in [6, 6.07) is 17.8. The first kappa shape index (κ1) is 22.0. The van der Waals surface area contributed by atoms with Gasteiger partial charge in [0.25, 0.3) is 5.91 Å². The molecule has 1 N–H and O–H groups in total. The van der Waals surface area contributed by atoms with E-state index in [2.05, 4.69) is 5.32 Å². The standard InChI is InChI=1S/C26H23NO6/c1-17-3-8-20(9-4-17)27-26(29)15-31-22-11-6-18(13-24(22)30-2)5-10-21(28)19-7-12-23-25(14-19)33-16-32-23/h3-14H,15-16H2,1-2H3,(H,27,29). The van der Waals surface area contributed by atoms with E-state index in [1.165, 1.54) is 13.2 Å². The van der Waals surface area contributed by atoms with Crippen LogP contribution in [-0.4, -0.2) is 32.2 Å². The number of ether oxygens (including phenoxy) is 4. The lowest BCUT2D eigenvalue weighted by atomic mass is 10.1. The molecule has 1 amide bonds. The molecule has 0 radical (unpaired) electrons. The Labute approximate surface area is 191 Å². The molecule has 0 saturated heterocycles. The van der Waals surface area contributed by atoms with Crippen LogP contribution in [0.3, 0.4) is 0 Å². The van der Waals surface area contributed by atoms with Crippen molar-refractivity contribution in [2.75, 3.05) is 25.8 Å². The lowest BCUT2D eigenvalue weighted by molar-refractivity contribution is -0.118. The number of aryl methyl sites for hydroxylation is 1. The van der Waals surface area contributed by atoms with E-state index >= 15 is 0 Å². The molecule has 1 aliphatic rings. The van der Waals surface area contributed by atoms with Crippen LogP contribution in [0.5, 0.6) is 23.0 Å². The van der Waals surface area contributed by atoms with E-state index in [0.717, 1.165) is 11.1 Å². The normalized spacial score (nSPS) is 11.9. The first-order chi connectivity index (χ1) is 16.0. The summed E-state index contributed by atoms with van der Waals surface area (Å²) >= 11 is 0. The number of benzene rings is 3. The Morgan fingerprint density at radius 3 is 2.55 bits per heavy atom. The Hall–Kier alpha value is -4.26. The average molecular weight is 445 g/mol. The number of methoxy groups -OCH3 is 1. The number of nitrogens with one attached hydrogen (secondary N) is 1. The molecule has 33 heavy (non-hydrogen) atoms. The molecule has 0 saturated carbocycles. The smallest absolute Gasteiger partial charge is 0.262 e. The molecule has 0 spiro atoms. The van der Waals surface area contributed by atoms with Crippen LogP contribution in [0.15, 0.2) is 66.7 Å². The highest BCUT2D eigenvalue weighted by atomic mass is 16.7. The largest absolute Gasteiger partial charge is 0.493 e. The van der Waals surface area contributed by atoms with Gasteiger partial charge in [0.2, 0.25) is 6.79 Å². The van der Waals surface area contributed by atoms with Gasteiger partial charge in [0.05, 0.1) is 7.11 Å².